The van der Waals surface area contributed by atoms with Crippen molar-refractivity contribution in [2.24, 2.45) is 5.92 Å². The first-order chi connectivity index (χ1) is 7.81. The molecule has 1 aliphatic heterocycles. The van der Waals surface area contributed by atoms with Crippen LogP contribution < -0.4 is 5.32 Å². The third kappa shape index (κ3) is 2.05. The molecule has 2 aromatic rings. The van der Waals surface area contributed by atoms with Gasteiger partial charge in [0.05, 0.1) is 4.88 Å². The van der Waals surface area contributed by atoms with Crippen LogP contribution in [0.4, 0.5) is 0 Å². The Labute approximate surface area is 105 Å². The van der Waals surface area contributed by atoms with Crippen LogP contribution in [0.2, 0.25) is 0 Å². The number of thiophene rings is 1. The van der Waals surface area contributed by atoms with Gasteiger partial charge in [0.25, 0.3) is 0 Å². The largest absolute Gasteiger partial charge is 0.339 e. The molecule has 3 heterocycles. The van der Waals surface area contributed by atoms with E-state index in [4.69, 9.17) is 4.52 Å². The highest BCUT2D eigenvalue weighted by atomic mass is 79.9. The van der Waals surface area contributed by atoms with Gasteiger partial charge in [0.1, 0.15) is 0 Å². The zero-order valence-corrected chi connectivity index (χ0v) is 10.8. The molecule has 0 aromatic carbocycles. The molecule has 0 bridgehead atoms. The first kappa shape index (κ1) is 10.4. The molecule has 16 heavy (non-hydrogen) atoms. The summed E-state index contributed by atoms with van der Waals surface area (Å²) < 4.78 is 6.29. The van der Waals surface area contributed by atoms with E-state index in [1.807, 2.05) is 11.4 Å². The molecule has 6 heteroatoms. The van der Waals surface area contributed by atoms with Crippen LogP contribution >= 0.6 is 27.3 Å². The smallest absolute Gasteiger partial charge is 0.227 e. The zero-order chi connectivity index (χ0) is 11.0. The lowest BCUT2D eigenvalue weighted by Gasteiger charge is -2.25. The van der Waals surface area contributed by atoms with Crippen LogP contribution in [-0.2, 0) is 6.42 Å². The van der Waals surface area contributed by atoms with E-state index >= 15 is 0 Å². The molecule has 0 radical (unpaired) electrons. The fourth-order valence-corrected chi connectivity index (χ4v) is 2.96. The van der Waals surface area contributed by atoms with E-state index in [2.05, 4.69) is 31.4 Å². The number of nitrogens with zero attached hydrogens (tertiary/aromatic N) is 2. The van der Waals surface area contributed by atoms with Crippen molar-refractivity contribution in [2.45, 2.75) is 6.42 Å². The molecule has 1 N–H and O–H groups in total. The van der Waals surface area contributed by atoms with Gasteiger partial charge in [-0.3, -0.25) is 0 Å². The second-order valence-electron chi connectivity index (χ2n) is 3.87. The second-order valence-corrected chi connectivity index (χ2v) is 5.70. The van der Waals surface area contributed by atoms with Gasteiger partial charge in [-0.15, -0.1) is 11.3 Å². The molecule has 3 rings (SSSR count). The molecule has 0 spiro atoms. The first-order valence-electron chi connectivity index (χ1n) is 5.09. The van der Waals surface area contributed by atoms with Gasteiger partial charge in [0.2, 0.25) is 11.7 Å². The Morgan fingerprint density at radius 2 is 2.44 bits per heavy atom. The highest BCUT2D eigenvalue weighted by molar-refractivity contribution is 9.10. The minimum atomic E-state index is 0.656. The van der Waals surface area contributed by atoms with E-state index in [1.165, 1.54) is 0 Å². The molecule has 1 fully saturated rings. The summed E-state index contributed by atoms with van der Waals surface area (Å²) in [5, 5.41) is 9.24. The summed E-state index contributed by atoms with van der Waals surface area (Å²) in [5.74, 6) is 2.09. The van der Waals surface area contributed by atoms with Gasteiger partial charge in [0, 0.05) is 16.3 Å². The van der Waals surface area contributed by atoms with Crippen LogP contribution in [0.15, 0.2) is 20.4 Å². The summed E-state index contributed by atoms with van der Waals surface area (Å²) in [6.45, 7) is 2.12. The Bertz CT molecular complexity index is 492. The molecule has 1 saturated heterocycles. The van der Waals surface area contributed by atoms with E-state index in [1.54, 1.807) is 11.3 Å². The van der Waals surface area contributed by atoms with E-state index < -0.39 is 0 Å². The minimum absolute atomic E-state index is 0.656. The minimum Gasteiger partial charge on any atom is -0.339 e. The predicted octanol–water partition coefficient (Wildman–Crippen LogP) is 2.32. The maximum Gasteiger partial charge on any atom is 0.227 e. The topological polar surface area (TPSA) is 51.0 Å². The van der Waals surface area contributed by atoms with E-state index in [9.17, 15) is 0 Å². The lowest BCUT2D eigenvalue weighted by atomic mass is 10.00. The normalized spacial score (nSPS) is 16.3. The second kappa shape index (κ2) is 4.27. The van der Waals surface area contributed by atoms with Gasteiger partial charge in [-0.05, 0) is 41.0 Å². The molecule has 84 valence electrons. The molecular formula is C10H10BrN3OS. The van der Waals surface area contributed by atoms with Gasteiger partial charge in [0.15, 0.2) is 0 Å². The highest BCUT2D eigenvalue weighted by Crippen LogP contribution is 2.28. The molecule has 1 aliphatic rings. The summed E-state index contributed by atoms with van der Waals surface area (Å²) in [6.07, 6.45) is 0.881. The predicted molar refractivity (Wildman–Crippen MR) is 65.4 cm³/mol. The van der Waals surface area contributed by atoms with Crippen molar-refractivity contribution in [2.75, 3.05) is 13.1 Å². The molecule has 0 aliphatic carbocycles. The monoisotopic (exact) mass is 299 g/mol. The maximum absolute atomic E-state index is 5.24. The van der Waals surface area contributed by atoms with Crippen molar-refractivity contribution in [3.8, 4) is 10.7 Å². The number of halogens is 1. The van der Waals surface area contributed by atoms with Gasteiger partial charge in [-0.1, -0.05) is 5.16 Å². The van der Waals surface area contributed by atoms with Crippen LogP contribution in [0.25, 0.3) is 10.7 Å². The molecule has 0 unspecified atom stereocenters. The Balaban J connectivity index is 1.76. The van der Waals surface area contributed by atoms with Crippen molar-refractivity contribution >= 4 is 27.3 Å². The Hall–Kier alpha value is -0.720. The standard InChI is InChI=1S/C10H10BrN3OS/c11-7-2-8(16-5-7)10-13-9(15-14-10)1-6-3-12-4-6/h2,5-6,12H,1,3-4H2. The van der Waals surface area contributed by atoms with Gasteiger partial charge in [-0.25, -0.2) is 0 Å². The molecule has 0 atom stereocenters. The average Bonchev–Trinajstić information content (AvgIpc) is 2.80. The summed E-state index contributed by atoms with van der Waals surface area (Å²) in [6, 6.07) is 2.00. The zero-order valence-electron chi connectivity index (χ0n) is 8.44. The van der Waals surface area contributed by atoms with Crippen molar-refractivity contribution in [3.63, 3.8) is 0 Å². The third-order valence-electron chi connectivity index (χ3n) is 2.59. The van der Waals surface area contributed by atoms with Crippen molar-refractivity contribution < 1.29 is 4.52 Å². The van der Waals surface area contributed by atoms with Crippen LogP contribution in [0.5, 0.6) is 0 Å². The number of hydrogen-bond acceptors (Lipinski definition) is 5. The summed E-state index contributed by atoms with van der Waals surface area (Å²) in [5.41, 5.74) is 0. The number of hydrogen-bond donors (Lipinski definition) is 1. The highest BCUT2D eigenvalue weighted by Gasteiger charge is 2.20. The molecule has 2 aromatic heterocycles. The van der Waals surface area contributed by atoms with E-state index in [0.717, 1.165) is 34.8 Å². The van der Waals surface area contributed by atoms with Crippen molar-refractivity contribution in [1.29, 1.82) is 0 Å². The van der Waals surface area contributed by atoms with Crippen LogP contribution in [0, 0.1) is 5.92 Å². The number of rotatable bonds is 3. The Morgan fingerprint density at radius 3 is 3.06 bits per heavy atom. The van der Waals surface area contributed by atoms with E-state index in [-0.39, 0.29) is 0 Å². The van der Waals surface area contributed by atoms with Crippen LogP contribution in [-0.4, -0.2) is 23.2 Å². The SMILES string of the molecule is Brc1csc(-c2noc(CC3CNC3)n2)c1. The number of nitrogens with one attached hydrogen (secondary N) is 1. The lowest BCUT2D eigenvalue weighted by Crippen LogP contribution is -2.43. The van der Waals surface area contributed by atoms with Gasteiger partial charge < -0.3 is 9.84 Å². The van der Waals surface area contributed by atoms with Gasteiger partial charge in [-0.2, -0.15) is 4.98 Å². The third-order valence-corrected chi connectivity index (χ3v) is 4.27. The lowest BCUT2D eigenvalue weighted by molar-refractivity contribution is 0.296. The Kier molecular flexibility index (Phi) is 2.79. The van der Waals surface area contributed by atoms with E-state index in [0.29, 0.717) is 11.7 Å². The molecular weight excluding hydrogens is 290 g/mol. The number of aromatic nitrogens is 2. The fourth-order valence-electron chi connectivity index (χ4n) is 1.61. The molecule has 0 saturated carbocycles. The average molecular weight is 300 g/mol. The van der Waals surface area contributed by atoms with Gasteiger partial charge >= 0.3 is 0 Å². The summed E-state index contributed by atoms with van der Waals surface area (Å²) in [4.78, 5) is 5.44. The van der Waals surface area contributed by atoms with Crippen LogP contribution in [0.1, 0.15) is 5.89 Å². The maximum atomic E-state index is 5.24. The molecule has 4 nitrogen and oxygen atoms in total. The summed E-state index contributed by atoms with van der Waals surface area (Å²) in [7, 11) is 0. The van der Waals surface area contributed by atoms with Crippen molar-refractivity contribution in [3.05, 3.63) is 21.8 Å². The fraction of sp³-hybridized carbons (Fsp3) is 0.400. The summed E-state index contributed by atoms with van der Waals surface area (Å²) >= 11 is 5.02. The quantitative estimate of drug-likeness (QED) is 0.945. The van der Waals surface area contributed by atoms with Crippen LogP contribution in [0.3, 0.4) is 0 Å². The first-order valence-corrected chi connectivity index (χ1v) is 6.76. The van der Waals surface area contributed by atoms with Crippen molar-refractivity contribution in [1.82, 2.24) is 15.5 Å². The molecule has 0 amide bonds. The Morgan fingerprint density at radius 1 is 1.56 bits per heavy atom.